The minimum atomic E-state index is 0.405. The van der Waals surface area contributed by atoms with E-state index in [0.717, 1.165) is 60.2 Å². The van der Waals surface area contributed by atoms with E-state index in [-0.39, 0.29) is 0 Å². The zero-order valence-electron chi connectivity index (χ0n) is 13.7. The maximum absolute atomic E-state index is 5.47. The van der Waals surface area contributed by atoms with Crippen molar-refractivity contribution in [3.63, 3.8) is 0 Å². The number of hydrogen-bond acceptors (Lipinski definition) is 5. The first-order chi connectivity index (χ1) is 10.6. The third-order valence-electron chi connectivity index (χ3n) is 4.27. The van der Waals surface area contributed by atoms with E-state index in [1.807, 2.05) is 24.7 Å². The first kappa shape index (κ1) is 15.0. The molecule has 2 aromatic rings. The monoisotopic (exact) mass is 301 g/mol. The largest absolute Gasteiger partial charge is 0.496 e. The van der Waals surface area contributed by atoms with Crippen molar-refractivity contribution >= 4 is 0 Å². The minimum Gasteiger partial charge on any atom is -0.496 e. The van der Waals surface area contributed by atoms with Crippen molar-refractivity contribution in [2.75, 3.05) is 7.11 Å². The Bertz CT molecular complexity index is 679. The van der Waals surface area contributed by atoms with Crippen LogP contribution < -0.4 is 10.1 Å². The molecule has 3 heterocycles. The fourth-order valence-electron chi connectivity index (χ4n) is 3.09. The molecule has 0 aromatic carbocycles. The molecule has 0 spiro atoms. The van der Waals surface area contributed by atoms with Crippen LogP contribution in [-0.4, -0.2) is 32.9 Å². The molecule has 3 rings (SSSR count). The van der Waals surface area contributed by atoms with E-state index in [9.17, 15) is 0 Å². The molecule has 0 unspecified atom stereocenters. The van der Waals surface area contributed by atoms with Gasteiger partial charge in [-0.25, -0.2) is 9.67 Å². The number of hydrogen-bond donors (Lipinski definition) is 1. The molecule has 0 saturated carbocycles. The quantitative estimate of drug-likeness (QED) is 0.931. The number of nitrogens with one attached hydrogen (secondary N) is 1. The summed E-state index contributed by atoms with van der Waals surface area (Å²) in [5, 5.41) is 8.04. The normalized spacial score (nSPS) is 17.4. The fraction of sp³-hybridized carbons (Fsp3) is 0.562. The van der Waals surface area contributed by atoms with Gasteiger partial charge in [-0.05, 0) is 27.2 Å². The number of nitrogens with zero attached hydrogens (tertiary/aromatic N) is 4. The lowest BCUT2D eigenvalue weighted by Crippen LogP contribution is -2.37. The van der Waals surface area contributed by atoms with Crippen LogP contribution in [-0.2, 0) is 19.5 Å². The highest BCUT2D eigenvalue weighted by Gasteiger charge is 2.21. The molecule has 0 radical (unpaired) electrons. The van der Waals surface area contributed by atoms with Gasteiger partial charge in [0, 0.05) is 36.3 Å². The smallest absolute Gasteiger partial charge is 0.147 e. The lowest BCUT2D eigenvalue weighted by molar-refractivity contribution is 0.355. The summed E-state index contributed by atoms with van der Waals surface area (Å²) in [4.78, 5) is 8.99. The molecule has 0 saturated heterocycles. The molecule has 0 bridgehead atoms. The van der Waals surface area contributed by atoms with Crippen LogP contribution in [0.4, 0.5) is 0 Å². The van der Waals surface area contributed by atoms with Gasteiger partial charge in [0.2, 0.25) is 0 Å². The maximum atomic E-state index is 5.47. The van der Waals surface area contributed by atoms with Crippen LogP contribution in [0.15, 0.2) is 6.20 Å². The first-order valence-electron chi connectivity index (χ1n) is 7.71. The average Bonchev–Trinajstić information content (AvgIpc) is 2.86. The molecule has 0 amide bonds. The second kappa shape index (κ2) is 6.04. The van der Waals surface area contributed by atoms with Gasteiger partial charge in [-0.15, -0.1) is 0 Å². The van der Waals surface area contributed by atoms with Gasteiger partial charge in [-0.3, -0.25) is 4.98 Å². The van der Waals surface area contributed by atoms with Crippen molar-refractivity contribution in [3.8, 4) is 5.75 Å². The maximum Gasteiger partial charge on any atom is 0.147 e. The van der Waals surface area contributed by atoms with Crippen LogP contribution in [0.3, 0.4) is 0 Å². The fourth-order valence-corrected chi connectivity index (χ4v) is 3.09. The molecular formula is C16H23N5O. The van der Waals surface area contributed by atoms with E-state index in [0.29, 0.717) is 6.04 Å². The molecule has 0 aliphatic carbocycles. The lowest BCUT2D eigenvalue weighted by Gasteiger charge is -2.24. The van der Waals surface area contributed by atoms with Gasteiger partial charge in [-0.2, -0.15) is 5.10 Å². The van der Waals surface area contributed by atoms with E-state index in [4.69, 9.17) is 4.74 Å². The topological polar surface area (TPSA) is 64.9 Å². The highest BCUT2D eigenvalue weighted by atomic mass is 16.5. The summed E-state index contributed by atoms with van der Waals surface area (Å²) in [5.41, 5.74) is 3.23. The van der Waals surface area contributed by atoms with Gasteiger partial charge in [0.05, 0.1) is 19.3 Å². The number of aryl methyl sites for hydroxylation is 3. The Hall–Kier alpha value is -1.95. The predicted octanol–water partition coefficient (Wildman–Crippen LogP) is 1.71. The zero-order valence-corrected chi connectivity index (χ0v) is 13.7. The van der Waals surface area contributed by atoms with Gasteiger partial charge < -0.3 is 10.1 Å². The van der Waals surface area contributed by atoms with Crippen LogP contribution in [0.5, 0.6) is 5.75 Å². The average molecular weight is 301 g/mol. The van der Waals surface area contributed by atoms with Crippen molar-refractivity contribution in [2.45, 2.75) is 52.7 Å². The van der Waals surface area contributed by atoms with Crippen LogP contribution in [0.25, 0.3) is 0 Å². The molecule has 1 N–H and O–H groups in total. The molecule has 1 aliphatic rings. The Morgan fingerprint density at radius 3 is 2.95 bits per heavy atom. The first-order valence-corrected chi connectivity index (χ1v) is 7.71. The summed E-state index contributed by atoms with van der Waals surface area (Å²) >= 11 is 0. The van der Waals surface area contributed by atoms with Crippen LogP contribution in [0.1, 0.15) is 34.9 Å². The van der Waals surface area contributed by atoms with Crippen molar-refractivity contribution in [2.24, 2.45) is 0 Å². The third-order valence-corrected chi connectivity index (χ3v) is 4.27. The zero-order chi connectivity index (χ0) is 15.7. The minimum absolute atomic E-state index is 0.405. The number of pyridine rings is 1. The Balaban J connectivity index is 1.66. The van der Waals surface area contributed by atoms with E-state index in [2.05, 4.69) is 27.3 Å². The van der Waals surface area contributed by atoms with E-state index < -0.39 is 0 Å². The van der Waals surface area contributed by atoms with Crippen LogP contribution in [0, 0.1) is 20.8 Å². The molecule has 0 fully saturated rings. The summed E-state index contributed by atoms with van der Waals surface area (Å²) in [6, 6.07) is 0.405. The van der Waals surface area contributed by atoms with Gasteiger partial charge in [-0.1, -0.05) is 0 Å². The van der Waals surface area contributed by atoms with Crippen molar-refractivity contribution in [1.82, 2.24) is 25.1 Å². The highest BCUT2D eigenvalue weighted by Crippen LogP contribution is 2.24. The number of aromatic nitrogens is 4. The summed E-state index contributed by atoms with van der Waals surface area (Å²) < 4.78 is 7.49. The second-order valence-electron chi connectivity index (χ2n) is 5.92. The van der Waals surface area contributed by atoms with Gasteiger partial charge in [0.25, 0.3) is 0 Å². The summed E-state index contributed by atoms with van der Waals surface area (Å²) in [6.45, 7) is 7.65. The Kier molecular flexibility index (Phi) is 4.11. The SMILES string of the molecule is COc1c(C)cnc(CN[C@H]2CCc3nc(C)nn3C2)c1C. The lowest BCUT2D eigenvalue weighted by atomic mass is 10.1. The number of rotatable bonds is 4. The summed E-state index contributed by atoms with van der Waals surface area (Å²) in [5.74, 6) is 2.89. The standard InChI is InChI=1S/C16H23N5O/c1-10-7-18-14(11(2)16(10)22-4)8-17-13-5-6-15-19-12(3)20-21(15)9-13/h7,13,17H,5-6,8-9H2,1-4H3/t13-/m0/s1. The molecule has 6 heteroatoms. The van der Waals surface area contributed by atoms with E-state index in [1.54, 1.807) is 7.11 Å². The highest BCUT2D eigenvalue weighted by molar-refractivity contribution is 5.41. The summed E-state index contributed by atoms with van der Waals surface area (Å²) in [6.07, 6.45) is 3.94. The van der Waals surface area contributed by atoms with Gasteiger partial charge in [0.1, 0.15) is 17.4 Å². The van der Waals surface area contributed by atoms with E-state index in [1.165, 1.54) is 0 Å². The molecule has 1 atom stereocenters. The Labute approximate surface area is 130 Å². The number of methoxy groups -OCH3 is 1. The molecule has 22 heavy (non-hydrogen) atoms. The van der Waals surface area contributed by atoms with Crippen molar-refractivity contribution in [1.29, 1.82) is 0 Å². The molecule has 2 aromatic heterocycles. The molecule has 118 valence electrons. The molecule has 6 nitrogen and oxygen atoms in total. The number of ether oxygens (including phenoxy) is 1. The van der Waals surface area contributed by atoms with E-state index >= 15 is 0 Å². The van der Waals surface area contributed by atoms with Crippen molar-refractivity contribution < 1.29 is 4.74 Å². The Morgan fingerprint density at radius 2 is 2.18 bits per heavy atom. The summed E-state index contributed by atoms with van der Waals surface area (Å²) in [7, 11) is 1.71. The van der Waals surface area contributed by atoms with Crippen LogP contribution in [0.2, 0.25) is 0 Å². The van der Waals surface area contributed by atoms with Crippen molar-refractivity contribution in [3.05, 3.63) is 34.7 Å². The Morgan fingerprint density at radius 1 is 1.36 bits per heavy atom. The third kappa shape index (κ3) is 2.83. The van der Waals surface area contributed by atoms with Gasteiger partial charge >= 0.3 is 0 Å². The second-order valence-corrected chi connectivity index (χ2v) is 5.92. The van der Waals surface area contributed by atoms with Gasteiger partial charge in [0.15, 0.2) is 0 Å². The number of fused-ring (bicyclic) bond motifs is 1. The predicted molar refractivity (Wildman–Crippen MR) is 84.0 cm³/mol. The molecular weight excluding hydrogens is 278 g/mol. The molecule has 1 aliphatic heterocycles. The van der Waals surface area contributed by atoms with Crippen LogP contribution >= 0.6 is 0 Å².